The van der Waals surface area contributed by atoms with E-state index in [1.807, 2.05) is 13.0 Å². The third-order valence-electron chi connectivity index (χ3n) is 5.43. The van der Waals surface area contributed by atoms with Crippen molar-refractivity contribution in [1.29, 1.82) is 0 Å². The maximum absolute atomic E-state index is 12.4. The zero-order valence-corrected chi connectivity index (χ0v) is 14.2. The number of rotatable bonds is 3. The number of carbonyl (C=O) groups is 3. The third-order valence-corrected chi connectivity index (χ3v) is 5.43. The maximum atomic E-state index is 12.4. The number of hydrogen-bond donors (Lipinski definition) is 0. The van der Waals surface area contributed by atoms with Gasteiger partial charge in [0.2, 0.25) is 0 Å². The van der Waals surface area contributed by atoms with Crippen LogP contribution in [0.4, 0.5) is 0 Å². The van der Waals surface area contributed by atoms with Crippen molar-refractivity contribution in [3.63, 3.8) is 0 Å². The molecule has 2 rings (SSSR count). The summed E-state index contributed by atoms with van der Waals surface area (Å²) in [5.41, 5.74) is 0.0397. The van der Waals surface area contributed by atoms with Crippen LogP contribution in [0.2, 0.25) is 0 Å². The van der Waals surface area contributed by atoms with Crippen LogP contribution >= 0.6 is 0 Å². The first-order chi connectivity index (χ1) is 10.7. The van der Waals surface area contributed by atoms with Gasteiger partial charge in [-0.1, -0.05) is 25.2 Å². The number of esters is 2. The number of fused-ring (bicyclic) bond motifs is 1. The lowest BCUT2D eigenvalue weighted by molar-refractivity contribution is -0.169. The molecule has 0 aromatic carbocycles. The average Bonchev–Trinajstić information content (AvgIpc) is 2.78. The SMILES string of the molecule is C=C1CC(C(C)=O)=CCC2(C)CC(C(=O)OC)(C(=O)OC)CC12. The molecular formula is C18H24O5. The van der Waals surface area contributed by atoms with Crippen molar-refractivity contribution in [2.75, 3.05) is 14.2 Å². The summed E-state index contributed by atoms with van der Waals surface area (Å²) >= 11 is 0. The summed E-state index contributed by atoms with van der Waals surface area (Å²) in [5.74, 6) is -1.10. The molecule has 5 nitrogen and oxygen atoms in total. The van der Waals surface area contributed by atoms with Crippen molar-refractivity contribution in [3.05, 3.63) is 23.8 Å². The van der Waals surface area contributed by atoms with Crippen LogP contribution in [0.25, 0.3) is 0 Å². The Morgan fingerprint density at radius 3 is 2.26 bits per heavy atom. The summed E-state index contributed by atoms with van der Waals surface area (Å²) in [6.45, 7) is 7.72. The lowest BCUT2D eigenvalue weighted by Gasteiger charge is -2.30. The molecule has 2 unspecified atom stereocenters. The van der Waals surface area contributed by atoms with Gasteiger partial charge in [-0.3, -0.25) is 14.4 Å². The van der Waals surface area contributed by atoms with E-state index in [1.165, 1.54) is 14.2 Å². The molecular weight excluding hydrogens is 296 g/mol. The van der Waals surface area contributed by atoms with Crippen molar-refractivity contribution in [1.82, 2.24) is 0 Å². The smallest absolute Gasteiger partial charge is 0.323 e. The number of allylic oxidation sites excluding steroid dienone is 3. The third kappa shape index (κ3) is 2.73. The van der Waals surface area contributed by atoms with Gasteiger partial charge in [-0.05, 0) is 49.5 Å². The summed E-state index contributed by atoms with van der Waals surface area (Å²) in [6.07, 6.45) is 3.71. The number of carbonyl (C=O) groups excluding carboxylic acids is 3. The largest absolute Gasteiger partial charge is 0.468 e. The van der Waals surface area contributed by atoms with Gasteiger partial charge in [0.1, 0.15) is 0 Å². The second-order valence-corrected chi connectivity index (χ2v) is 6.98. The van der Waals surface area contributed by atoms with Crippen LogP contribution in [-0.4, -0.2) is 31.9 Å². The van der Waals surface area contributed by atoms with Gasteiger partial charge in [-0.25, -0.2) is 0 Å². The molecule has 2 aliphatic carbocycles. The number of methoxy groups -OCH3 is 2. The first-order valence-corrected chi connectivity index (χ1v) is 7.74. The number of Topliss-reactive ketones (excluding diaryl/α,β-unsaturated/α-hetero) is 1. The van der Waals surface area contributed by atoms with Gasteiger partial charge >= 0.3 is 11.9 Å². The molecule has 5 heteroatoms. The Balaban J connectivity index is 2.45. The molecule has 0 aliphatic heterocycles. The van der Waals surface area contributed by atoms with E-state index in [4.69, 9.17) is 9.47 Å². The van der Waals surface area contributed by atoms with Gasteiger partial charge in [-0.2, -0.15) is 0 Å². The van der Waals surface area contributed by atoms with Crippen molar-refractivity contribution >= 4 is 17.7 Å². The van der Waals surface area contributed by atoms with Gasteiger partial charge in [0.15, 0.2) is 11.2 Å². The van der Waals surface area contributed by atoms with Crippen LogP contribution in [0.5, 0.6) is 0 Å². The molecule has 1 saturated carbocycles. The van der Waals surface area contributed by atoms with E-state index in [2.05, 4.69) is 6.58 Å². The number of hydrogen-bond acceptors (Lipinski definition) is 5. The van der Waals surface area contributed by atoms with Crippen molar-refractivity contribution in [2.45, 2.75) is 39.5 Å². The van der Waals surface area contributed by atoms with Gasteiger partial charge in [0.05, 0.1) is 14.2 Å². The predicted octanol–water partition coefficient (Wildman–Crippen LogP) is 2.60. The molecule has 0 heterocycles. The Morgan fingerprint density at radius 1 is 1.22 bits per heavy atom. The van der Waals surface area contributed by atoms with Crippen LogP contribution in [-0.2, 0) is 23.9 Å². The fourth-order valence-corrected chi connectivity index (χ4v) is 4.18. The molecule has 0 aromatic heterocycles. The highest BCUT2D eigenvalue weighted by atomic mass is 16.5. The Labute approximate surface area is 136 Å². The minimum absolute atomic E-state index is 0.0335. The molecule has 0 N–H and O–H groups in total. The van der Waals surface area contributed by atoms with Gasteiger partial charge in [-0.15, -0.1) is 0 Å². The van der Waals surface area contributed by atoms with E-state index in [0.717, 1.165) is 11.1 Å². The molecule has 0 saturated heterocycles. The maximum Gasteiger partial charge on any atom is 0.323 e. The second kappa shape index (κ2) is 5.95. The monoisotopic (exact) mass is 320 g/mol. The summed E-state index contributed by atoms with van der Waals surface area (Å²) in [7, 11) is 2.57. The first-order valence-electron chi connectivity index (χ1n) is 7.74. The van der Waals surface area contributed by atoms with Gasteiger partial charge in [0.25, 0.3) is 0 Å². The molecule has 2 aliphatic rings. The lowest BCUT2D eigenvalue weighted by Crippen LogP contribution is -2.40. The lowest BCUT2D eigenvalue weighted by atomic mass is 9.74. The Kier molecular flexibility index (Phi) is 4.51. The molecule has 0 amide bonds. The minimum Gasteiger partial charge on any atom is -0.468 e. The Bertz CT molecular complexity index is 585. The zero-order valence-electron chi connectivity index (χ0n) is 14.2. The zero-order chi connectivity index (χ0) is 17.4. The van der Waals surface area contributed by atoms with E-state index in [9.17, 15) is 14.4 Å². The minimum atomic E-state index is -1.28. The number of ether oxygens (including phenoxy) is 2. The average molecular weight is 320 g/mol. The quantitative estimate of drug-likeness (QED) is 0.454. The molecule has 126 valence electrons. The topological polar surface area (TPSA) is 69.7 Å². The molecule has 1 fully saturated rings. The van der Waals surface area contributed by atoms with Crippen molar-refractivity contribution in [3.8, 4) is 0 Å². The fraction of sp³-hybridized carbons (Fsp3) is 0.611. The van der Waals surface area contributed by atoms with E-state index in [-0.39, 0.29) is 17.1 Å². The summed E-state index contributed by atoms with van der Waals surface area (Å²) in [6, 6.07) is 0. The first kappa shape index (κ1) is 17.4. The molecule has 0 aromatic rings. The number of ketones is 1. The van der Waals surface area contributed by atoms with Crippen LogP contribution in [0.1, 0.15) is 39.5 Å². The van der Waals surface area contributed by atoms with E-state index in [1.54, 1.807) is 6.92 Å². The molecule has 2 atom stereocenters. The summed E-state index contributed by atoms with van der Waals surface area (Å²) in [4.78, 5) is 36.4. The van der Waals surface area contributed by atoms with Crippen LogP contribution in [0, 0.1) is 16.7 Å². The Hall–Kier alpha value is -1.91. The van der Waals surface area contributed by atoms with E-state index < -0.39 is 17.4 Å². The van der Waals surface area contributed by atoms with Gasteiger partial charge < -0.3 is 9.47 Å². The van der Waals surface area contributed by atoms with Crippen molar-refractivity contribution < 1.29 is 23.9 Å². The molecule has 0 bridgehead atoms. The Morgan fingerprint density at radius 2 is 1.78 bits per heavy atom. The summed E-state index contributed by atoms with van der Waals surface area (Å²) in [5, 5.41) is 0. The molecule has 0 spiro atoms. The summed E-state index contributed by atoms with van der Waals surface area (Å²) < 4.78 is 9.80. The second-order valence-electron chi connectivity index (χ2n) is 6.98. The standard InChI is InChI=1S/C18H24O5/c1-11-8-13(12(2)19)6-7-17(3)10-18(9-14(11)17,15(20)22-4)16(21)23-5/h6,14H,1,7-10H2,2-5H3. The highest BCUT2D eigenvalue weighted by molar-refractivity contribution is 6.00. The van der Waals surface area contributed by atoms with Crippen LogP contribution in [0.15, 0.2) is 23.8 Å². The molecule has 23 heavy (non-hydrogen) atoms. The van der Waals surface area contributed by atoms with E-state index >= 15 is 0 Å². The predicted molar refractivity (Wildman–Crippen MR) is 84.4 cm³/mol. The highest BCUT2D eigenvalue weighted by Crippen LogP contribution is 2.60. The van der Waals surface area contributed by atoms with Crippen LogP contribution < -0.4 is 0 Å². The van der Waals surface area contributed by atoms with E-state index in [0.29, 0.717) is 25.7 Å². The van der Waals surface area contributed by atoms with Crippen molar-refractivity contribution in [2.24, 2.45) is 16.7 Å². The highest BCUT2D eigenvalue weighted by Gasteiger charge is 2.62. The normalized spacial score (nSPS) is 29.1. The fourth-order valence-electron chi connectivity index (χ4n) is 4.18. The van der Waals surface area contributed by atoms with Crippen LogP contribution in [0.3, 0.4) is 0 Å². The molecule has 0 radical (unpaired) electrons. The van der Waals surface area contributed by atoms with Gasteiger partial charge in [0, 0.05) is 0 Å².